The smallest absolute Gasteiger partial charge is 0.242 e. The molecule has 6 nitrogen and oxygen atoms in total. The number of nitrogens with one attached hydrogen (secondary N) is 1. The third-order valence-corrected chi connectivity index (χ3v) is 3.26. The molecule has 3 N–H and O–H groups in total. The van der Waals surface area contributed by atoms with Crippen LogP contribution in [-0.2, 0) is 14.3 Å². The van der Waals surface area contributed by atoms with Crippen LogP contribution in [-0.4, -0.2) is 56.1 Å². The molecule has 0 aromatic carbocycles. The molecule has 0 aliphatic heterocycles. The number of rotatable bonds is 9. The van der Waals surface area contributed by atoms with Gasteiger partial charge in [0.15, 0.2) is 0 Å². The number of nitrogens with two attached hydrogens (primary N) is 1. The van der Waals surface area contributed by atoms with E-state index in [9.17, 15) is 9.59 Å². The van der Waals surface area contributed by atoms with Crippen LogP contribution in [0.1, 0.15) is 33.1 Å². The summed E-state index contributed by atoms with van der Waals surface area (Å²) in [4.78, 5) is 25.2. The molecule has 0 aliphatic carbocycles. The molecule has 0 saturated carbocycles. The Labute approximate surface area is 115 Å². The van der Waals surface area contributed by atoms with Crippen molar-refractivity contribution < 1.29 is 14.3 Å². The van der Waals surface area contributed by atoms with Crippen molar-refractivity contribution in [2.45, 2.75) is 38.6 Å². The summed E-state index contributed by atoms with van der Waals surface area (Å²) in [5, 5.41) is 2.74. The molecule has 0 atom stereocenters. The summed E-state index contributed by atoms with van der Waals surface area (Å²) in [7, 11) is 3.22. The van der Waals surface area contributed by atoms with Gasteiger partial charge in [-0.15, -0.1) is 0 Å². The minimum atomic E-state index is -0.870. The van der Waals surface area contributed by atoms with Crippen LogP contribution in [0.15, 0.2) is 0 Å². The van der Waals surface area contributed by atoms with Crippen molar-refractivity contribution in [3.63, 3.8) is 0 Å². The first-order chi connectivity index (χ1) is 8.91. The van der Waals surface area contributed by atoms with Gasteiger partial charge in [0.05, 0.1) is 12.1 Å². The van der Waals surface area contributed by atoms with Gasteiger partial charge in [0, 0.05) is 27.3 Å². The quantitative estimate of drug-likeness (QED) is 0.584. The van der Waals surface area contributed by atoms with Crippen molar-refractivity contribution >= 4 is 11.8 Å². The average Bonchev–Trinajstić information content (AvgIpc) is 2.41. The van der Waals surface area contributed by atoms with E-state index in [4.69, 9.17) is 10.5 Å². The molecule has 19 heavy (non-hydrogen) atoms. The Morgan fingerprint density at radius 1 is 1.32 bits per heavy atom. The maximum absolute atomic E-state index is 12.1. The molecule has 0 heterocycles. The highest BCUT2D eigenvalue weighted by molar-refractivity contribution is 5.89. The van der Waals surface area contributed by atoms with Gasteiger partial charge in [-0.1, -0.05) is 13.8 Å². The lowest BCUT2D eigenvalue weighted by Crippen LogP contribution is -2.55. The van der Waals surface area contributed by atoms with Crippen molar-refractivity contribution in [2.75, 3.05) is 33.9 Å². The summed E-state index contributed by atoms with van der Waals surface area (Å²) >= 11 is 0. The largest absolute Gasteiger partial charge is 0.385 e. The van der Waals surface area contributed by atoms with Crippen molar-refractivity contribution in [3.8, 4) is 0 Å². The van der Waals surface area contributed by atoms with Crippen molar-refractivity contribution in [2.24, 2.45) is 5.73 Å². The minimum absolute atomic E-state index is 0.0325. The van der Waals surface area contributed by atoms with Crippen LogP contribution in [0.4, 0.5) is 0 Å². The zero-order valence-corrected chi connectivity index (χ0v) is 12.5. The van der Waals surface area contributed by atoms with E-state index < -0.39 is 5.54 Å². The third kappa shape index (κ3) is 6.02. The van der Waals surface area contributed by atoms with Gasteiger partial charge < -0.3 is 20.7 Å². The molecule has 0 spiro atoms. The third-order valence-electron chi connectivity index (χ3n) is 3.26. The lowest BCUT2D eigenvalue weighted by Gasteiger charge is -2.30. The van der Waals surface area contributed by atoms with Gasteiger partial charge in [0.1, 0.15) is 0 Å². The molecule has 0 aliphatic rings. The van der Waals surface area contributed by atoms with Crippen molar-refractivity contribution in [3.05, 3.63) is 0 Å². The van der Waals surface area contributed by atoms with Gasteiger partial charge in [-0.05, 0) is 19.3 Å². The monoisotopic (exact) mass is 273 g/mol. The van der Waals surface area contributed by atoms with E-state index in [0.29, 0.717) is 26.0 Å². The molecule has 2 amide bonds. The Morgan fingerprint density at radius 2 is 1.89 bits per heavy atom. The molecule has 112 valence electrons. The van der Waals surface area contributed by atoms with E-state index in [1.54, 1.807) is 14.2 Å². The van der Waals surface area contributed by atoms with Gasteiger partial charge in [-0.2, -0.15) is 0 Å². The fraction of sp³-hybridized carbons (Fsp3) is 0.846. The predicted molar refractivity (Wildman–Crippen MR) is 74.6 cm³/mol. The lowest BCUT2D eigenvalue weighted by molar-refractivity contribution is -0.139. The first-order valence-corrected chi connectivity index (χ1v) is 6.71. The molecular formula is C13H27N3O3. The number of hydrogen-bond acceptors (Lipinski definition) is 4. The Morgan fingerprint density at radius 3 is 2.37 bits per heavy atom. The number of carbonyl (C=O) groups excluding carboxylic acids is 2. The number of carbonyl (C=O) groups is 2. The summed E-state index contributed by atoms with van der Waals surface area (Å²) in [5.41, 5.74) is 5.15. The van der Waals surface area contributed by atoms with Crippen LogP contribution < -0.4 is 11.1 Å². The molecule has 0 fully saturated rings. The van der Waals surface area contributed by atoms with Crippen molar-refractivity contribution in [1.29, 1.82) is 0 Å². The normalized spacial score (nSPS) is 11.2. The number of hydrogen-bond donors (Lipinski definition) is 2. The minimum Gasteiger partial charge on any atom is -0.385 e. The van der Waals surface area contributed by atoms with E-state index in [1.807, 2.05) is 13.8 Å². The Balaban J connectivity index is 4.18. The van der Waals surface area contributed by atoms with E-state index in [-0.39, 0.29) is 18.4 Å². The maximum Gasteiger partial charge on any atom is 0.242 e. The van der Waals surface area contributed by atoms with Crippen LogP contribution in [0.2, 0.25) is 0 Å². The number of nitrogens with zero attached hydrogens (tertiary/aromatic N) is 1. The highest BCUT2D eigenvalue weighted by Gasteiger charge is 2.33. The van der Waals surface area contributed by atoms with Crippen LogP contribution in [0, 0.1) is 0 Å². The predicted octanol–water partition coefficient (Wildman–Crippen LogP) is 0.115. The summed E-state index contributed by atoms with van der Waals surface area (Å²) in [6.45, 7) is 4.93. The van der Waals surface area contributed by atoms with Gasteiger partial charge in [-0.3, -0.25) is 9.59 Å². The van der Waals surface area contributed by atoms with Crippen LogP contribution in [0.3, 0.4) is 0 Å². The fourth-order valence-corrected chi connectivity index (χ4v) is 1.72. The van der Waals surface area contributed by atoms with Gasteiger partial charge in [0.2, 0.25) is 11.8 Å². The first kappa shape index (κ1) is 17.9. The number of amides is 2. The maximum atomic E-state index is 12.1. The van der Waals surface area contributed by atoms with Crippen LogP contribution >= 0.6 is 0 Å². The highest BCUT2D eigenvalue weighted by Crippen LogP contribution is 2.14. The standard InChI is InChI=1S/C13H27N3O3/c1-5-13(14,6-2)12(18)16(3)10-11(17)15-8-7-9-19-4/h5-10,14H2,1-4H3,(H,15,17). The second-order valence-corrected chi connectivity index (χ2v) is 4.72. The highest BCUT2D eigenvalue weighted by atomic mass is 16.5. The van der Waals surface area contributed by atoms with Gasteiger partial charge in [-0.25, -0.2) is 0 Å². The van der Waals surface area contributed by atoms with Crippen LogP contribution in [0.5, 0.6) is 0 Å². The lowest BCUT2D eigenvalue weighted by atomic mass is 9.92. The molecule has 0 aromatic heterocycles. The van der Waals surface area contributed by atoms with Crippen LogP contribution in [0.25, 0.3) is 0 Å². The molecule has 0 bridgehead atoms. The Bertz CT molecular complexity index is 291. The van der Waals surface area contributed by atoms with E-state index >= 15 is 0 Å². The second kappa shape index (κ2) is 8.87. The number of likely N-dealkylation sites (N-methyl/N-ethyl adjacent to an activating group) is 1. The van der Waals surface area contributed by atoms with E-state index in [1.165, 1.54) is 4.90 Å². The molecule has 0 radical (unpaired) electrons. The zero-order chi connectivity index (χ0) is 14.9. The molecule has 0 rings (SSSR count). The first-order valence-electron chi connectivity index (χ1n) is 6.71. The SMILES string of the molecule is CCC(N)(CC)C(=O)N(C)CC(=O)NCCCOC. The summed E-state index contributed by atoms with van der Waals surface area (Å²) in [5.74, 6) is -0.369. The fourth-order valence-electron chi connectivity index (χ4n) is 1.72. The molecule has 0 unspecified atom stereocenters. The second-order valence-electron chi connectivity index (χ2n) is 4.72. The summed E-state index contributed by atoms with van der Waals surface area (Å²) in [6.07, 6.45) is 1.87. The number of methoxy groups -OCH3 is 1. The molecular weight excluding hydrogens is 246 g/mol. The van der Waals surface area contributed by atoms with Gasteiger partial charge in [0.25, 0.3) is 0 Å². The average molecular weight is 273 g/mol. The Kier molecular flexibility index (Phi) is 8.34. The van der Waals surface area contributed by atoms with E-state index in [2.05, 4.69) is 5.32 Å². The van der Waals surface area contributed by atoms with Crippen molar-refractivity contribution in [1.82, 2.24) is 10.2 Å². The zero-order valence-electron chi connectivity index (χ0n) is 12.5. The molecule has 0 saturated heterocycles. The topological polar surface area (TPSA) is 84.7 Å². The Hall–Kier alpha value is -1.14. The molecule has 6 heteroatoms. The number of ether oxygens (including phenoxy) is 1. The summed E-state index contributed by atoms with van der Waals surface area (Å²) < 4.78 is 4.88. The van der Waals surface area contributed by atoms with Gasteiger partial charge >= 0.3 is 0 Å². The summed E-state index contributed by atoms with van der Waals surface area (Å²) in [6, 6.07) is 0. The van der Waals surface area contributed by atoms with E-state index in [0.717, 1.165) is 6.42 Å². The molecule has 0 aromatic rings.